The van der Waals surface area contributed by atoms with Crippen molar-refractivity contribution < 1.29 is 27.5 Å². The van der Waals surface area contributed by atoms with E-state index in [2.05, 4.69) is 0 Å². The normalized spacial score (nSPS) is 12.0. The van der Waals surface area contributed by atoms with E-state index in [0.717, 1.165) is 18.2 Å². The topological polar surface area (TPSA) is 67.5 Å². The molecule has 7 heteroatoms. The summed E-state index contributed by atoms with van der Waals surface area (Å²) in [5.74, 6) is -1.32. The first-order chi connectivity index (χ1) is 12.3. The fourth-order valence-corrected chi connectivity index (χ4v) is 2.39. The molecule has 0 spiro atoms. The number of allylic oxidation sites excluding steroid dienone is 1. The van der Waals surface area contributed by atoms with Gasteiger partial charge in [-0.05, 0) is 35.9 Å². The molecule has 1 N–H and O–H groups in total. The molecule has 2 aromatic carbocycles. The summed E-state index contributed by atoms with van der Waals surface area (Å²) < 4.78 is 42.6. The molecule has 3 aromatic rings. The summed E-state index contributed by atoms with van der Waals surface area (Å²) in [5.41, 5.74) is -1.88. The van der Waals surface area contributed by atoms with Gasteiger partial charge in [0.15, 0.2) is 5.78 Å². The van der Waals surface area contributed by atoms with E-state index in [9.17, 15) is 27.9 Å². The van der Waals surface area contributed by atoms with E-state index in [4.69, 9.17) is 4.42 Å². The minimum Gasteiger partial charge on any atom is -0.506 e. The highest BCUT2D eigenvalue weighted by Gasteiger charge is 2.29. The van der Waals surface area contributed by atoms with Gasteiger partial charge in [-0.1, -0.05) is 30.3 Å². The SMILES string of the molecule is O=C(/C=C/c1ccc(C(F)(F)F)cc1)c1c(O)c2ccccc2oc1=O. The van der Waals surface area contributed by atoms with Crippen LogP contribution in [0.2, 0.25) is 0 Å². The van der Waals surface area contributed by atoms with Crippen molar-refractivity contribution in [2.75, 3.05) is 0 Å². The molecular formula is C19H11F3O4. The maximum atomic E-state index is 12.5. The van der Waals surface area contributed by atoms with Crippen LogP contribution in [0.4, 0.5) is 13.2 Å². The molecule has 0 aliphatic rings. The minimum atomic E-state index is -4.45. The van der Waals surface area contributed by atoms with Crippen LogP contribution < -0.4 is 5.63 Å². The van der Waals surface area contributed by atoms with Crippen LogP contribution in [0.5, 0.6) is 5.75 Å². The van der Waals surface area contributed by atoms with Gasteiger partial charge in [-0.25, -0.2) is 4.79 Å². The molecule has 0 aliphatic heterocycles. The maximum Gasteiger partial charge on any atom is 0.416 e. The molecule has 26 heavy (non-hydrogen) atoms. The lowest BCUT2D eigenvalue weighted by Crippen LogP contribution is -2.12. The van der Waals surface area contributed by atoms with Gasteiger partial charge in [-0.3, -0.25) is 4.79 Å². The smallest absolute Gasteiger partial charge is 0.416 e. The molecule has 0 radical (unpaired) electrons. The summed E-state index contributed by atoms with van der Waals surface area (Å²) in [7, 11) is 0. The van der Waals surface area contributed by atoms with E-state index in [-0.39, 0.29) is 11.0 Å². The van der Waals surface area contributed by atoms with Crippen molar-refractivity contribution in [3.63, 3.8) is 0 Å². The Morgan fingerprint density at radius 2 is 1.69 bits per heavy atom. The molecule has 0 saturated carbocycles. The molecule has 0 saturated heterocycles. The molecule has 0 aliphatic carbocycles. The van der Waals surface area contributed by atoms with Crippen LogP contribution in [0.15, 0.2) is 63.8 Å². The number of rotatable bonds is 3. The van der Waals surface area contributed by atoms with E-state index in [1.807, 2.05) is 0 Å². The van der Waals surface area contributed by atoms with E-state index in [1.54, 1.807) is 12.1 Å². The van der Waals surface area contributed by atoms with Crippen LogP contribution >= 0.6 is 0 Å². The fourth-order valence-electron chi connectivity index (χ4n) is 2.39. The predicted octanol–water partition coefficient (Wildman–Crippen LogP) is 4.41. The number of aromatic hydroxyl groups is 1. The Kier molecular flexibility index (Phi) is 4.38. The van der Waals surface area contributed by atoms with E-state index >= 15 is 0 Å². The first-order valence-corrected chi connectivity index (χ1v) is 7.42. The third kappa shape index (κ3) is 3.37. The monoisotopic (exact) mass is 360 g/mol. The number of halogens is 3. The second-order valence-electron chi connectivity index (χ2n) is 5.43. The lowest BCUT2D eigenvalue weighted by Gasteiger charge is -2.06. The molecule has 132 valence electrons. The molecule has 4 nitrogen and oxygen atoms in total. The van der Waals surface area contributed by atoms with E-state index in [0.29, 0.717) is 5.56 Å². The van der Waals surface area contributed by atoms with Gasteiger partial charge in [0.25, 0.3) is 0 Å². The average Bonchev–Trinajstić information content (AvgIpc) is 2.59. The molecular weight excluding hydrogens is 349 g/mol. The van der Waals surface area contributed by atoms with Crippen LogP contribution in [0.25, 0.3) is 17.0 Å². The van der Waals surface area contributed by atoms with Gasteiger partial charge in [0.1, 0.15) is 16.9 Å². The number of alkyl halides is 3. The number of carbonyl (C=O) groups is 1. The Hall–Kier alpha value is -3.35. The van der Waals surface area contributed by atoms with Crippen molar-refractivity contribution in [2.45, 2.75) is 6.18 Å². The highest BCUT2D eigenvalue weighted by Crippen LogP contribution is 2.29. The first-order valence-electron chi connectivity index (χ1n) is 7.42. The Balaban J connectivity index is 1.92. The van der Waals surface area contributed by atoms with Crippen molar-refractivity contribution in [2.24, 2.45) is 0 Å². The van der Waals surface area contributed by atoms with Crippen LogP contribution in [-0.2, 0) is 6.18 Å². The number of fused-ring (bicyclic) bond motifs is 1. The summed E-state index contributed by atoms with van der Waals surface area (Å²) in [5, 5.41) is 10.4. The van der Waals surface area contributed by atoms with Gasteiger partial charge in [-0.2, -0.15) is 13.2 Å². The van der Waals surface area contributed by atoms with Crippen LogP contribution in [0.1, 0.15) is 21.5 Å². The standard InChI is InChI=1S/C19H11F3O4/c20-19(21,22)12-8-5-11(6-9-12)7-10-14(23)16-17(24)13-3-1-2-4-15(13)26-18(16)25/h1-10,24H/b10-7+. The zero-order chi connectivity index (χ0) is 18.9. The third-order valence-electron chi connectivity index (χ3n) is 3.70. The summed E-state index contributed by atoms with van der Waals surface area (Å²) in [6.07, 6.45) is -2.21. The van der Waals surface area contributed by atoms with Crippen molar-refractivity contribution in [3.05, 3.63) is 81.7 Å². The maximum absolute atomic E-state index is 12.5. The Bertz CT molecular complexity index is 1060. The van der Waals surface area contributed by atoms with E-state index < -0.39 is 34.5 Å². The molecule has 0 atom stereocenters. The second-order valence-corrected chi connectivity index (χ2v) is 5.43. The zero-order valence-corrected chi connectivity index (χ0v) is 13.1. The summed E-state index contributed by atoms with van der Waals surface area (Å²) in [4.78, 5) is 24.2. The highest BCUT2D eigenvalue weighted by molar-refractivity contribution is 6.10. The summed E-state index contributed by atoms with van der Waals surface area (Å²) in [6.45, 7) is 0. The van der Waals surface area contributed by atoms with Gasteiger partial charge in [0, 0.05) is 0 Å². The first kappa shape index (κ1) is 17.5. The quantitative estimate of drug-likeness (QED) is 0.427. The van der Waals surface area contributed by atoms with Crippen molar-refractivity contribution >= 4 is 22.8 Å². The molecule has 0 unspecified atom stereocenters. The summed E-state index contributed by atoms with van der Waals surface area (Å²) >= 11 is 0. The van der Waals surface area contributed by atoms with Gasteiger partial charge in [0.2, 0.25) is 0 Å². The molecule has 1 aromatic heterocycles. The average molecular weight is 360 g/mol. The lowest BCUT2D eigenvalue weighted by molar-refractivity contribution is -0.137. The lowest BCUT2D eigenvalue weighted by atomic mass is 10.1. The Morgan fingerprint density at radius 3 is 2.35 bits per heavy atom. The van der Waals surface area contributed by atoms with Crippen LogP contribution in [0.3, 0.4) is 0 Å². The minimum absolute atomic E-state index is 0.137. The van der Waals surface area contributed by atoms with Gasteiger partial charge < -0.3 is 9.52 Å². The van der Waals surface area contributed by atoms with Crippen LogP contribution in [0, 0.1) is 0 Å². The van der Waals surface area contributed by atoms with Crippen molar-refractivity contribution in [3.8, 4) is 5.75 Å². The zero-order valence-electron chi connectivity index (χ0n) is 13.1. The fraction of sp³-hybridized carbons (Fsp3) is 0.0526. The van der Waals surface area contributed by atoms with Crippen LogP contribution in [-0.4, -0.2) is 10.9 Å². The Labute approximate surface area is 144 Å². The second kappa shape index (κ2) is 6.51. The third-order valence-corrected chi connectivity index (χ3v) is 3.70. The largest absolute Gasteiger partial charge is 0.506 e. The number of benzene rings is 2. The number of ketones is 1. The molecule has 0 bridgehead atoms. The number of hydrogen-bond acceptors (Lipinski definition) is 4. The molecule has 3 rings (SSSR count). The van der Waals surface area contributed by atoms with Crippen molar-refractivity contribution in [1.82, 2.24) is 0 Å². The van der Waals surface area contributed by atoms with Gasteiger partial charge >= 0.3 is 11.8 Å². The predicted molar refractivity (Wildman–Crippen MR) is 89.0 cm³/mol. The number of para-hydroxylation sites is 1. The molecule has 0 fully saturated rings. The molecule has 1 heterocycles. The van der Waals surface area contributed by atoms with Crippen molar-refractivity contribution in [1.29, 1.82) is 0 Å². The summed E-state index contributed by atoms with van der Waals surface area (Å²) in [6, 6.07) is 10.3. The van der Waals surface area contributed by atoms with Gasteiger partial charge in [0.05, 0.1) is 10.9 Å². The number of hydrogen-bond donors (Lipinski definition) is 1. The van der Waals surface area contributed by atoms with E-state index in [1.165, 1.54) is 30.3 Å². The highest BCUT2D eigenvalue weighted by atomic mass is 19.4. The Morgan fingerprint density at radius 1 is 1.04 bits per heavy atom. The number of carbonyl (C=O) groups excluding carboxylic acids is 1. The molecule has 0 amide bonds. The van der Waals surface area contributed by atoms with Gasteiger partial charge in [-0.15, -0.1) is 0 Å².